The Hall–Kier alpha value is -6.32. The minimum Gasteiger partial charge on any atom is -0.465 e. The third-order valence-electron chi connectivity index (χ3n) is 10.6. The van der Waals surface area contributed by atoms with Gasteiger partial charge in [-0.1, -0.05) is 42.5 Å². The monoisotopic (exact) mass is 793 g/mol. The van der Waals surface area contributed by atoms with Crippen LogP contribution in [0.2, 0.25) is 0 Å². The summed E-state index contributed by atoms with van der Waals surface area (Å²) in [5.74, 6) is -0.632. The smallest absolute Gasteiger partial charge is 0.407 e. The number of rotatable bonds is 12. The van der Waals surface area contributed by atoms with Gasteiger partial charge < -0.3 is 36.0 Å². The molecule has 0 spiro atoms. The Labute approximate surface area is 336 Å². The first kappa shape index (κ1) is 41.3. The van der Waals surface area contributed by atoms with Gasteiger partial charge in [-0.2, -0.15) is 5.21 Å². The predicted molar refractivity (Wildman–Crippen MR) is 216 cm³/mol. The van der Waals surface area contributed by atoms with Gasteiger partial charge in [-0.05, 0) is 112 Å². The van der Waals surface area contributed by atoms with Gasteiger partial charge in [-0.15, -0.1) is 10.2 Å². The van der Waals surface area contributed by atoms with Crippen molar-refractivity contribution in [3.63, 3.8) is 0 Å². The van der Waals surface area contributed by atoms with Crippen molar-refractivity contribution in [1.82, 2.24) is 36.2 Å². The summed E-state index contributed by atoms with van der Waals surface area (Å²) in [7, 11) is 0. The zero-order chi connectivity index (χ0) is 41.2. The van der Waals surface area contributed by atoms with E-state index in [9.17, 15) is 29.1 Å². The second kappa shape index (κ2) is 18.7. The van der Waals surface area contributed by atoms with Crippen LogP contribution in [0.4, 0.5) is 21.0 Å². The maximum atomic E-state index is 13.9. The van der Waals surface area contributed by atoms with E-state index in [4.69, 9.17) is 4.74 Å². The number of carbonyl (C=O) groups excluding carboxylic acids is 4. The van der Waals surface area contributed by atoms with Gasteiger partial charge in [0, 0.05) is 60.4 Å². The number of carboxylic acid groups (broad SMARTS) is 1. The van der Waals surface area contributed by atoms with Crippen LogP contribution in [0.15, 0.2) is 72.8 Å². The van der Waals surface area contributed by atoms with Crippen molar-refractivity contribution >= 4 is 41.3 Å². The van der Waals surface area contributed by atoms with Crippen molar-refractivity contribution in [1.29, 1.82) is 0 Å². The van der Waals surface area contributed by atoms with Crippen LogP contribution in [0.1, 0.15) is 64.9 Å². The number of nitrogens with one attached hydrogen (secondary N) is 5. The van der Waals surface area contributed by atoms with Gasteiger partial charge in [-0.3, -0.25) is 14.4 Å². The van der Waals surface area contributed by atoms with Crippen molar-refractivity contribution in [2.45, 2.75) is 77.4 Å². The van der Waals surface area contributed by atoms with E-state index in [2.05, 4.69) is 41.9 Å². The molecule has 0 unspecified atom stereocenters. The van der Waals surface area contributed by atoms with Crippen LogP contribution >= 0.6 is 0 Å². The highest BCUT2D eigenvalue weighted by atomic mass is 16.6. The van der Waals surface area contributed by atoms with Crippen LogP contribution < -0.4 is 21.3 Å². The Bertz CT molecular complexity index is 2030. The zero-order valence-corrected chi connectivity index (χ0v) is 33.0. The zero-order valence-electron chi connectivity index (χ0n) is 33.0. The summed E-state index contributed by atoms with van der Waals surface area (Å²) in [6.07, 6.45) is 2.48. The first-order valence-corrected chi connectivity index (χ1v) is 19.7. The van der Waals surface area contributed by atoms with E-state index in [1.165, 1.54) is 4.90 Å². The molecule has 6 rings (SSSR count). The van der Waals surface area contributed by atoms with Crippen LogP contribution in [-0.4, -0.2) is 91.8 Å². The van der Waals surface area contributed by atoms with E-state index in [1.54, 1.807) is 24.3 Å². The van der Waals surface area contributed by atoms with E-state index >= 15 is 0 Å². The number of aromatic amines is 1. The lowest BCUT2D eigenvalue weighted by molar-refractivity contribution is -0.130. The number of anilines is 2. The molecule has 1 aliphatic carbocycles. The third kappa shape index (κ3) is 11.4. The standard InChI is InChI=1S/C42H51N9O7/c1-42(2,3)58-40(55)43-25-27-10-14-30(15-11-27)37(52)46-35(39(54)44-32-18-16-29(17-19-32)36-47-49-50-48-36)24-26-8-12-28(13-9-26)33-6-4-5-7-34(33)45-38(53)31-20-22-51(23-21-31)41(56)57/h4-9,12-13,16-19,27,30-31,35H,10-11,14-15,20-25H2,1-3H3,(H,43,55)(H,44,54)(H,45,53)(H,46,52)(H,56,57)(H,47,48,49,50)/t27-,30-,35-/m0/s1. The summed E-state index contributed by atoms with van der Waals surface area (Å²) in [4.78, 5) is 65.6. The molecule has 16 heteroatoms. The first-order chi connectivity index (χ1) is 27.8. The fraction of sp³-hybridized carbons (Fsp3) is 0.429. The average Bonchev–Trinajstić information content (AvgIpc) is 3.76. The molecule has 2 fully saturated rings. The molecule has 1 atom stereocenters. The highest BCUT2D eigenvalue weighted by molar-refractivity contribution is 5.98. The average molecular weight is 794 g/mol. The van der Waals surface area contributed by atoms with Crippen molar-refractivity contribution < 1.29 is 33.8 Å². The van der Waals surface area contributed by atoms with Crippen LogP contribution in [-0.2, 0) is 25.5 Å². The third-order valence-corrected chi connectivity index (χ3v) is 10.6. The van der Waals surface area contributed by atoms with Gasteiger partial charge >= 0.3 is 12.2 Å². The van der Waals surface area contributed by atoms with Crippen LogP contribution in [0, 0.1) is 17.8 Å². The van der Waals surface area contributed by atoms with Gasteiger partial charge in [0.05, 0.1) is 0 Å². The number of benzene rings is 3. The number of ether oxygens (including phenoxy) is 1. The van der Waals surface area contributed by atoms with Crippen molar-refractivity contribution in [2.24, 2.45) is 17.8 Å². The molecule has 2 aliphatic rings. The molecule has 16 nitrogen and oxygen atoms in total. The first-order valence-electron chi connectivity index (χ1n) is 19.7. The number of nitrogens with zero attached hydrogens (tertiary/aromatic N) is 4. The molecule has 58 heavy (non-hydrogen) atoms. The van der Waals surface area contributed by atoms with Gasteiger partial charge in [0.25, 0.3) is 0 Å². The van der Waals surface area contributed by atoms with E-state index < -0.39 is 23.8 Å². The number of alkyl carbamates (subject to hydrolysis) is 1. The number of carbonyl (C=O) groups is 5. The number of hydrogen-bond acceptors (Lipinski definition) is 9. The van der Waals surface area contributed by atoms with Crippen LogP contribution in [0.5, 0.6) is 0 Å². The quantitative estimate of drug-likeness (QED) is 0.100. The summed E-state index contributed by atoms with van der Waals surface area (Å²) in [6.45, 7) is 6.56. The molecule has 5 amide bonds. The number of likely N-dealkylation sites (tertiary alicyclic amines) is 1. The highest BCUT2D eigenvalue weighted by Gasteiger charge is 2.31. The fourth-order valence-electron chi connectivity index (χ4n) is 7.35. The minimum atomic E-state index is -0.973. The number of piperidine rings is 1. The Morgan fingerprint density at radius 2 is 1.48 bits per heavy atom. The molecular formula is C42H51N9O7. The lowest BCUT2D eigenvalue weighted by Crippen LogP contribution is -2.48. The summed E-state index contributed by atoms with van der Waals surface area (Å²) in [5.41, 5.74) is 3.80. The van der Waals surface area contributed by atoms with Gasteiger partial charge in [0.15, 0.2) is 0 Å². The second-order valence-electron chi connectivity index (χ2n) is 15.9. The van der Waals surface area contributed by atoms with Crippen molar-refractivity contribution in [3.8, 4) is 22.5 Å². The maximum Gasteiger partial charge on any atom is 0.407 e. The topological polar surface area (TPSA) is 221 Å². The molecule has 6 N–H and O–H groups in total. The molecule has 1 aromatic heterocycles. The molecule has 2 heterocycles. The lowest BCUT2D eigenvalue weighted by atomic mass is 9.81. The Kier molecular flexibility index (Phi) is 13.4. The summed E-state index contributed by atoms with van der Waals surface area (Å²) >= 11 is 0. The number of para-hydroxylation sites is 1. The maximum absolute atomic E-state index is 13.9. The minimum absolute atomic E-state index is 0.144. The number of tetrazole rings is 1. The Morgan fingerprint density at radius 3 is 2.12 bits per heavy atom. The number of hydrogen-bond donors (Lipinski definition) is 6. The molecular weight excluding hydrogens is 743 g/mol. The van der Waals surface area contributed by atoms with Crippen molar-refractivity contribution in [3.05, 3.63) is 78.4 Å². The largest absolute Gasteiger partial charge is 0.465 e. The van der Waals surface area contributed by atoms with Crippen LogP contribution in [0.25, 0.3) is 22.5 Å². The normalized spacial score (nSPS) is 17.7. The highest BCUT2D eigenvalue weighted by Crippen LogP contribution is 2.31. The van der Waals surface area contributed by atoms with Gasteiger partial charge in [-0.25, -0.2) is 9.59 Å². The lowest BCUT2D eigenvalue weighted by Gasteiger charge is -2.29. The summed E-state index contributed by atoms with van der Waals surface area (Å²) in [6, 6.07) is 21.3. The number of H-pyrrole nitrogens is 1. The molecule has 1 saturated carbocycles. The Morgan fingerprint density at radius 1 is 0.828 bits per heavy atom. The van der Waals surface area contributed by atoms with E-state index in [0.717, 1.165) is 35.1 Å². The van der Waals surface area contributed by atoms with Crippen molar-refractivity contribution in [2.75, 3.05) is 30.3 Å². The van der Waals surface area contributed by atoms with Crippen LogP contribution in [0.3, 0.4) is 0 Å². The van der Waals surface area contributed by atoms with E-state index in [1.807, 2.05) is 69.3 Å². The molecule has 1 aliphatic heterocycles. The summed E-state index contributed by atoms with van der Waals surface area (Å²) < 4.78 is 5.35. The second-order valence-corrected chi connectivity index (χ2v) is 15.9. The molecule has 0 radical (unpaired) electrons. The van der Waals surface area contributed by atoms with Gasteiger partial charge in [0.2, 0.25) is 23.5 Å². The number of amides is 5. The fourth-order valence-corrected chi connectivity index (χ4v) is 7.35. The van der Waals surface area contributed by atoms with E-state index in [0.29, 0.717) is 62.5 Å². The molecule has 1 saturated heterocycles. The predicted octanol–water partition coefficient (Wildman–Crippen LogP) is 5.86. The molecule has 0 bridgehead atoms. The SMILES string of the molecule is CC(C)(C)OC(=O)NC[C@H]1CC[C@H](C(=O)N[C@@H](Cc2ccc(-c3ccccc3NC(=O)C3CCN(C(=O)O)CC3)cc2)C(=O)Nc2ccc(-c3nn[nH]n3)cc2)CC1. The van der Waals surface area contributed by atoms with Gasteiger partial charge in [0.1, 0.15) is 11.6 Å². The summed E-state index contributed by atoms with van der Waals surface area (Å²) in [5, 5.41) is 35.2. The number of aromatic nitrogens is 4. The Balaban J connectivity index is 1.11. The molecule has 306 valence electrons. The van der Waals surface area contributed by atoms with E-state index in [-0.39, 0.29) is 41.9 Å². The molecule has 3 aromatic carbocycles. The molecule has 4 aromatic rings.